The summed E-state index contributed by atoms with van der Waals surface area (Å²) in [5, 5.41) is 205. The van der Waals surface area contributed by atoms with E-state index in [0.717, 1.165) is 0 Å². The monoisotopic (exact) mass is 1130 g/mol. The highest BCUT2D eigenvalue weighted by molar-refractivity contribution is 5.81. The van der Waals surface area contributed by atoms with Gasteiger partial charge in [0, 0.05) is 6.54 Å². The van der Waals surface area contributed by atoms with Gasteiger partial charge in [-0.3, -0.25) is 4.79 Å². The van der Waals surface area contributed by atoms with Crippen LogP contribution in [0.4, 0.5) is 0 Å². The third-order valence-electron chi connectivity index (χ3n) is 14.2. The molecule has 20 N–H and O–H groups in total. The number of nitrogens with one attached hydrogen (secondary N) is 1. The van der Waals surface area contributed by atoms with E-state index in [0.29, 0.717) is 0 Å². The number of hydrogen-bond acceptors (Lipinski definition) is 30. The number of rotatable bonds is 26. The van der Waals surface area contributed by atoms with E-state index in [4.69, 9.17) is 47.4 Å². The summed E-state index contributed by atoms with van der Waals surface area (Å²) in [6.45, 7) is 2.05. The van der Waals surface area contributed by atoms with Crippen molar-refractivity contribution in [3.8, 4) is 0 Å². The highest BCUT2D eigenvalue weighted by Crippen LogP contribution is 2.36. The molecule has 0 aromatic heterocycles. The van der Waals surface area contributed by atoms with E-state index in [9.17, 15) is 102 Å². The molecule has 0 bridgehead atoms. The maximum Gasteiger partial charge on any atom is 0.252 e. The van der Waals surface area contributed by atoms with E-state index in [1.807, 2.05) is 0 Å². The van der Waals surface area contributed by atoms with Gasteiger partial charge >= 0.3 is 0 Å². The van der Waals surface area contributed by atoms with Crippen LogP contribution >= 0.6 is 0 Å². The first-order chi connectivity index (χ1) is 36.4. The zero-order valence-electron chi connectivity index (χ0n) is 43.0. The lowest BCUT2D eigenvalue weighted by molar-refractivity contribution is -0.384. The standard InChI is InChI=1S/C46H83NO30/c1-15(2)35-30(62)37(25(57)20(12-50)69-35)74-45-33(65)39(27(59)22(14-52)72-45)75-46-34(66)40(76-44-32(64)38(68-16(3)4)26(58)21(13-51)71-44)31(63)41(77-46)42(67)47-9-7-5-6-8-17(53)23(55)36(18(54)10-48)73-43-29(61)28(60)24(56)19(11-49)70-43/h15-41,43-46,48-66H,5-14H2,1-4H3,(H,47,67). The van der Waals surface area contributed by atoms with Gasteiger partial charge in [0.25, 0.3) is 5.91 Å². The van der Waals surface area contributed by atoms with Crippen LogP contribution in [-0.2, 0) is 52.2 Å². The van der Waals surface area contributed by atoms with E-state index >= 15 is 0 Å². The van der Waals surface area contributed by atoms with Crippen molar-refractivity contribution < 1.29 is 149 Å². The molecule has 77 heavy (non-hydrogen) atoms. The molecule has 452 valence electrons. The molecule has 5 rings (SSSR count). The van der Waals surface area contributed by atoms with Gasteiger partial charge in [-0.15, -0.1) is 0 Å². The Balaban J connectivity index is 1.30. The second kappa shape index (κ2) is 30.0. The molecule has 5 heterocycles. The Morgan fingerprint density at radius 1 is 0.468 bits per heavy atom. The zero-order chi connectivity index (χ0) is 57.3. The summed E-state index contributed by atoms with van der Waals surface area (Å²) in [6, 6.07) is 0. The van der Waals surface area contributed by atoms with Crippen molar-refractivity contribution in [1.82, 2.24) is 5.32 Å². The minimum Gasteiger partial charge on any atom is -0.394 e. The van der Waals surface area contributed by atoms with Gasteiger partial charge in [0.1, 0.15) is 134 Å². The van der Waals surface area contributed by atoms with Gasteiger partial charge in [-0.1, -0.05) is 26.7 Å². The summed E-state index contributed by atoms with van der Waals surface area (Å²) in [7, 11) is 0. The van der Waals surface area contributed by atoms with Crippen molar-refractivity contribution in [3.63, 3.8) is 0 Å². The summed E-state index contributed by atoms with van der Waals surface area (Å²) in [5.41, 5.74) is 0. The lowest BCUT2D eigenvalue weighted by atomic mass is 9.89. The molecule has 5 fully saturated rings. The predicted octanol–water partition coefficient (Wildman–Crippen LogP) is -10.7. The van der Waals surface area contributed by atoms with Gasteiger partial charge in [-0.25, -0.2) is 0 Å². The molecule has 0 saturated carbocycles. The Morgan fingerprint density at radius 3 is 1.43 bits per heavy atom. The van der Waals surface area contributed by atoms with Gasteiger partial charge in [-0.05, 0) is 32.6 Å². The average Bonchev–Trinajstić information content (AvgIpc) is 3.39. The number of hydrogen-bond donors (Lipinski definition) is 20. The molecular weight excluding hydrogens is 1050 g/mol. The van der Waals surface area contributed by atoms with Crippen LogP contribution in [0.25, 0.3) is 0 Å². The molecule has 0 radical (unpaired) electrons. The molecule has 5 saturated heterocycles. The van der Waals surface area contributed by atoms with Crippen molar-refractivity contribution in [3.05, 3.63) is 0 Å². The molecule has 0 aromatic carbocycles. The van der Waals surface area contributed by atoms with Gasteiger partial charge < -0.3 is 150 Å². The molecule has 29 unspecified atom stereocenters. The molecule has 1 amide bonds. The van der Waals surface area contributed by atoms with Crippen LogP contribution in [0.1, 0.15) is 53.4 Å². The number of ether oxygens (including phenoxy) is 10. The average molecular weight is 1130 g/mol. The largest absolute Gasteiger partial charge is 0.394 e. The first-order valence-corrected chi connectivity index (χ1v) is 25.8. The maximum atomic E-state index is 13.9. The maximum absolute atomic E-state index is 13.9. The summed E-state index contributed by atoms with van der Waals surface area (Å²) in [4.78, 5) is 13.9. The highest BCUT2D eigenvalue weighted by Gasteiger charge is 2.57. The minimum atomic E-state index is -2.22. The smallest absolute Gasteiger partial charge is 0.252 e. The quantitative estimate of drug-likeness (QED) is 0.0358. The van der Waals surface area contributed by atoms with Crippen molar-refractivity contribution in [1.29, 1.82) is 0 Å². The van der Waals surface area contributed by atoms with Crippen molar-refractivity contribution in [2.75, 3.05) is 39.6 Å². The van der Waals surface area contributed by atoms with Crippen LogP contribution in [-0.4, -0.2) is 326 Å². The number of aliphatic hydroxyl groups is 19. The lowest BCUT2D eigenvalue weighted by Crippen LogP contribution is -2.68. The van der Waals surface area contributed by atoms with Crippen LogP contribution in [0.15, 0.2) is 0 Å². The molecule has 29 atom stereocenters. The summed E-state index contributed by atoms with van der Waals surface area (Å²) in [5.74, 6) is -1.47. The second-order valence-corrected chi connectivity index (χ2v) is 20.6. The zero-order valence-corrected chi connectivity index (χ0v) is 43.0. The number of amides is 1. The summed E-state index contributed by atoms with van der Waals surface area (Å²) >= 11 is 0. The van der Waals surface area contributed by atoms with Crippen LogP contribution in [0.5, 0.6) is 0 Å². The Bertz CT molecular complexity index is 1730. The Morgan fingerprint density at radius 2 is 0.922 bits per heavy atom. The number of aliphatic hydroxyl groups excluding tert-OH is 19. The molecule has 0 aliphatic carbocycles. The van der Waals surface area contributed by atoms with Crippen molar-refractivity contribution >= 4 is 5.91 Å². The lowest BCUT2D eigenvalue weighted by Gasteiger charge is -2.49. The Labute approximate surface area is 442 Å². The molecule has 5 aliphatic heterocycles. The topological polar surface area (TPSA) is 506 Å². The summed E-state index contributed by atoms with van der Waals surface area (Å²) < 4.78 is 56.8. The SMILES string of the molecule is CC(C)OC1C(O)C(CO)OC(OC2C(O)C(OC3C(O)C(CO)OC(OC4C(O)C(CO)OC(C(C)C)C4O)C3O)OC(C(=O)NCCCCCC(O)C(O)C(OC3OC(CO)C(O)C(O)C3O)C(O)CO)C2O)C1O. The minimum absolute atomic E-state index is 0.132. The fraction of sp³-hybridized carbons (Fsp3) is 0.978. The van der Waals surface area contributed by atoms with Crippen LogP contribution in [0.2, 0.25) is 0 Å². The normalized spacial score (nSPS) is 43.7. The molecule has 0 spiro atoms. The van der Waals surface area contributed by atoms with Gasteiger partial charge in [0.05, 0.1) is 51.3 Å². The molecule has 5 aliphatic rings. The highest BCUT2D eigenvalue weighted by atomic mass is 16.8. The van der Waals surface area contributed by atoms with E-state index in [1.165, 1.54) is 0 Å². The van der Waals surface area contributed by atoms with E-state index in [2.05, 4.69) is 5.32 Å². The van der Waals surface area contributed by atoms with Crippen molar-refractivity contribution in [2.45, 2.75) is 237 Å². The Hall–Kier alpha value is -1.69. The third-order valence-corrected chi connectivity index (χ3v) is 14.2. The van der Waals surface area contributed by atoms with Gasteiger partial charge in [0.15, 0.2) is 31.3 Å². The number of carbonyl (C=O) groups excluding carboxylic acids is 1. The third kappa shape index (κ3) is 15.7. The number of carbonyl (C=O) groups is 1. The van der Waals surface area contributed by atoms with E-state index in [1.54, 1.807) is 27.7 Å². The number of unbranched alkanes of at least 4 members (excludes halogenated alkanes) is 2. The van der Waals surface area contributed by atoms with Gasteiger partial charge in [0.2, 0.25) is 0 Å². The van der Waals surface area contributed by atoms with E-state index < -0.39 is 223 Å². The van der Waals surface area contributed by atoms with Crippen LogP contribution < -0.4 is 5.32 Å². The fourth-order valence-corrected chi connectivity index (χ4v) is 9.78. The van der Waals surface area contributed by atoms with E-state index in [-0.39, 0.29) is 38.1 Å². The Kier molecular flexibility index (Phi) is 25.8. The first-order valence-electron chi connectivity index (χ1n) is 25.8. The van der Waals surface area contributed by atoms with Crippen LogP contribution in [0, 0.1) is 5.92 Å². The van der Waals surface area contributed by atoms with Crippen LogP contribution in [0.3, 0.4) is 0 Å². The fourth-order valence-electron chi connectivity index (χ4n) is 9.78. The summed E-state index contributed by atoms with van der Waals surface area (Å²) in [6.07, 6.45) is -52.2. The molecule has 31 nitrogen and oxygen atoms in total. The molecule has 31 heteroatoms. The molecular formula is C46H83NO30. The second-order valence-electron chi connectivity index (χ2n) is 20.6. The first kappa shape index (κ1) is 66.1. The molecule has 0 aromatic rings. The van der Waals surface area contributed by atoms with Crippen molar-refractivity contribution in [2.24, 2.45) is 5.92 Å². The van der Waals surface area contributed by atoms with Gasteiger partial charge in [-0.2, -0.15) is 0 Å². The predicted molar refractivity (Wildman–Crippen MR) is 249 cm³/mol.